The number of anilines is 3. The molecule has 1 unspecified atom stereocenters. The molecule has 3 aromatic rings. The Hall–Kier alpha value is -3.11. The highest BCUT2D eigenvalue weighted by molar-refractivity contribution is 5.94. The summed E-state index contributed by atoms with van der Waals surface area (Å²) in [6.45, 7) is 0. The van der Waals surface area contributed by atoms with E-state index >= 15 is 0 Å². The van der Waals surface area contributed by atoms with Gasteiger partial charge >= 0.3 is 0 Å². The molecule has 1 atom stereocenters. The van der Waals surface area contributed by atoms with Gasteiger partial charge in [0.1, 0.15) is 0 Å². The van der Waals surface area contributed by atoms with E-state index in [0.29, 0.717) is 34.3 Å². The Bertz CT molecular complexity index is 976. The highest BCUT2D eigenvalue weighted by atomic mass is 16.4. The van der Waals surface area contributed by atoms with Crippen LogP contribution < -0.4 is 21.3 Å². The zero-order chi connectivity index (χ0) is 19.0. The van der Waals surface area contributed by atoms with Gasteiger partial charge in [0.2, 0.25) is 0 Å². The number of nitrogens with zero attached hydrogens (tertiary/aromatic N) is 3. The van der Waals surface area contributed by atoms with E-state index in [-0.39, 0.29) is 11.9 Å². The van der Waals surface area contributed by atoms with Crippen LogP contribution in [0.2, 0.25) is 0 Å². The van der Waals surface area contributed by atoms with Crippen molar-refractivity contribution >= 4 is 28.7 Å². The molecule has 3 heterocycles. The van der Waals surface area contributed by atoms with E-state index in [2.05, 4.69) is 31.3 Å². The van der Waals surface area contributed by atoms with E-state index in [1.54, 1.807) is 26.2 Å². The summed E-state index contributed by atoms with van der Waals surface area (Å²) in [5.41, 5.74) is 2.18. The van der Waals surface area contributed by atoms with E-state index in [9.17, 15) is 9.90 Å². The first-order chi connectivity index (χ1) is 13.1. The van der Waals surface area contributed by atoms with Crippen LogP contribution in [0, 0.1) is 0 Å². The Balaban J connectivity index is 1.70. The molecule has 0 bridgehead atoms. The summed E-state index contributed by atoms with van der Waals surface area (Å²) in [6, 6.07) is 3.70. The van der Waals surface area contributed by atoms with E-state index in [1.807, 2.05) is 0 Å². The number of carbonyl (C=O) groups excluding carboxylic acids is 1. The fourth-order valence-corrected chi connectivity index (χ4v) is 2.76. The third kappa shape index (κ3) is 3.32. The van der Waals surface area contributed by atoms with E-state index < -0.39 is 6.23 Å². The molecule has 27 heavy (non-hydrogen) atoms. The molecule has 1 saturated carbocycles. The van der Waals surface area contributed by atoms with Crippen LogP contribution in [-0.2, 0) is 0 Å². The maximum absolute atomic E-state index is 12.5. The summed E-state index contributed by atoms with van der Waals surface area (Å²) in [5, 5.41) is 26.3. The van der Waals surface area contributed by atoms with Crippen LogP contribution in [0.15, 0.2) is 29.0 Å². The monoisotopic (exact) mass is 371 g/mol. The summed E-state index contributed by atoms with van der Waals surface area (Å²) in [4.78, 5) is 16.8. The van der Waals surface area contributed by atoms with Crippen LogP contribution in [0.1, 0.15) is 35.3 Å². The van der Waals surface area contributed by atoms with Crippen LogP contribution >= 0.6 is 0 Å². The molecular formula is C17H21N7O3. The minimum absolute atomic E-state index is 0.202. The van der Waals surface area contributed by atoms with Crippen LogP contribution in [0.25, 0.3) is 5.65 Å². The normalized spacial score (nSPS) is 14.9. The zero-order valence-electron chi connectivity index (χ0n) is 15.0. The summed E-state index contributed by atoms with van der Waals surface area (Å²) in [7, 11) is 3.39. The smallest absolute Gasteiger partial charge is 0.271 e. The number of carbonyl (C=O) groups is 1. The molecule has 142 valence electrons. The van der Waals surface area contributed by atoms with Gasteiger partial charge in [-0.25, -0.2) is 9.50 Å². The van der Waals surface area contributed by atoms with Crippen molar-refractivity contribution in [2.45, 2.75) is 25.1 Å². The lowest BCUT2D eigenvalue weighted by molar-refractivity contribution is 0.0944. The van der Waals surface area contributed by atoms with Crippen LogP contribution in [0.3, 0.4) is 0 Å². The van der Waals surface area contributed by atoms with Crippen molar-refractivity contribution in [1.82, 2.24) is 25.2 Å². The minimum Gasteiger partial charge on any atom is -0.463 e. The predicted octanol–water partition coefficient (Wildman–Crippen LogP) is 1.21. The third-order valence-corrected chi connectivity index (χ3v) is 4.36. The average Bonchev–Trinajstić information content (AvgIpc) is 3.19. The number of nitrogens with one attached hydrogen (secondary N) is 4. The lowest BCUT2D eigenvalue weighted by Gasteiger charge is -2.12. The Morgan fingerprint density at radius 1 is 1.37 bits per heavy atom. The second kappa shape index (κ2) is 6.89. The third-order valence-electron chi connectivity index (χ3n) is 4.36. The lowest BCUT2D eigenvalue weighted by Crippen LogP contribution is -2.27. The SMILES string of the molecule is CNc1cc(Nc2ccoc2C(O)NC)nn2c(C(=O)NC3CC3)cnc12. The number of hydrogen-bond donors (Lipinski definition) is 5. The van der Waals surface area contributed by atoms with Gasteiger partial charge in [0.05, 0.1) is 23.8 Å². The van der Waals surface area contributed by atoms with Gasteiger partial charge in [-0.05, 0) is 19.9 Å². The molecule has 0 aromatic carbocycles. The number of furan rings is 1. The van der Waals surface area contributed by atoms with Gasteiger partial charge in [0.15, 0.2) is 29.1 Å². The zero-order valence-corrected chi connectivity index (χ0v) is 15.0. The lowest BCUT2D eigenvalue weighted by atomic mass is 10.3. The number of amides is 1. The van der Waals surface area contributed by atoms with Crippen molar-refractivity contribution in [3.8, 4) is 0 Å². The number of aromatic nitrogens is 3. The molecule has 4 rings (SSSR count). The van der Waals surface area contributed by atoms with Crippen molar-refractivity contribution in [3.63, 3.8) is 0 Å². The molecule has 1 fully saturated rings. The van der Waals surface area contributed by atoms with Gasteiger partial charge in [0, 0.05) is 25.2 Å². The first-order valence-electron chi connectivity index (χ1n) is 8.68. The molecule has 1 aliphatic carbocycles. The Morgan fingerprint density at radius 2 is 2.19 bits per heavy atom. The fourth-order valence-electron chi connectivity index (χ4n) is 2.76. The summed E-state index contributed by atoms with van der Waals surface area (Å²) in [5.74, 6) is 0.602. The number of imidazole rings is 1. The number of aliphatic hydroxyl groups excluding tert-OH is 1. The predicted molar refractivity (Wildman–Crippen MR) is 99.0 cm³/mol. The van der Waals surface area contributed by atoms with Crippen molar-refractivity contribution < 1.29 is 14.3 Å². The average molecular weight is 371 g/mol. The first kappa shape index (κ1) is 17.3. The quantitative estimate of drug-likeness (QED) is 0.392. The number of aliphatic hydroxyl groups is 1. The van der Waals surface area contributed by atoms with Gasteiger partial charge in [-0.1, -0.05) is 0 Å². The molecule has 5 N–H and O–H groups in total. The van der Waals surface area contributed by atoms with E-state index in [1.165, 1.54) is 17.0 Å². The molecule has 0 radical (unpaired) electrons. The second-order valence-electron chi connectivity index (χ2n) is 6.33. The van der Waals surface area contributed by atoms with Gasteiger partial charge in [-0.15, -0.1) is 5.10 Å². The van der Waals surface area contributed by atoms with E-state index in [0.717, 1.165) is 12.8 Å². The summed E-state index contributed by atoms with van der Waals surface area (Å²) < 4.78 is 6.83. The number of rotatable bonds is 7. The molecule has 0 aliphatic heterocycles. The fraction of sp³-hybridized carbons (Fsp3) is 0.353. The molecule has 10 nitrogen and oxygen atoms in total. The Labute approximate surface area is 155 Å². The molecule has 10 heteroatoms. The molecule has 1 aliphatic rings. The maximum Gasteiger partial charge on any atom is 0.271 e. The highest BCUT2D eigenvalue weighted by Crippen LogP contribution is 2.28. The molecule has 0 saturated heterocycles. The molecule has 1 amide bonds. The molecule has 0 spiro atoms. The van der Waals surface area contributed by atoms with Crippen LogP contribution in [0.4, 0.5) is 17.2 Å². The maximum atomic E-state index is 12.5. The number of fused-ring (bicyclic) bond motifs is 1. The van der Waals surface area contributed by atoms with Crippen molar-refractivity contribution in [2.75, 3.05) is 24.7 Å². The topological polar surface area (TPSA) is 129 Å². The Morgan fingerprint density at radius 3 is 2.89 bits per heavy atom. The van der Waals surface area contributed by atoms with Gasteiger partial charge in [-0.2, -0.15) is 0 Å². The standard InChI is InChI=1S/C17H21N7O3/c1-18-11-7-13(22-10-5-6-27-14(10)17(26)19-2)23-24-12(8-20-15(11)24)16(25)21-9-3-4-9/h5-9,17-19,26H,3-4H2,1-2H3,(H,21,25)(H,22,23). The minimum atomic E-state index is -0.955. The highest BCUT2D eigenvalue weighted by Gasteiger charge is 2.26. The van der Waals surface area contributed by atoms with Gasteiger partial charge in [-0.3, -0.25) is 10.1 Å². The first-order valence-corrected chi connectivity index (χ1v) is 8.68. The second-order valence-corrected chi connectivity index (χ2v) is 6.33. The van der Waals surface area contributed by atoms with Crippen molar-refractivity contribution in [2.24, 2.45) is 0 Å². The molecule has 3 aromatic heterocycles. The van der Waals surface area contributed by atoms with Crippen molar-refractivity contribution in [3.05, 3.63) is 36.0 Å². The summed E-state index contributed by atoms with van der Waals surface area (Å²) in [6.07, 6.45) is 4.03. The van der Waals surface area contributed by atoms with Gasteiger partial charge in [0.25, 0.3) is 5.91 Å². The molecular weight excluding hydrogens is 350 g/mol. The van der Waals surface area contributed by atoms with E-state index in [4.69, 9.17) is 4.42 Å². The number of hydrogen-bond acceptors (Lipinski definition) is 8. The largest absolute Gasteiger partial charge is 0.463 e. The van der Waals surface area contributed by atoms with Gasteiger partial charge < -0.3 is 25.5 Å². The van der Waals surface area contributed by atoms with Crippen molar-refractivity contribution in [1.29, 1.82) is 0 Å². The van der Waals surface area contributed by atoms with Crippen LogP contribution in [0.5, 0.6) is 0 Å². The summed E-state index contributed by atoms with van der Waals surface area (Å²) >= 11 is 0. The van der Waals surface area contributed by atoms with Crippen LogP contribution in [-0.4, -0.2) is 45.7 Å². The Kier molecular flexibility index (Phi) is 4.42.